The summed E-state index contributed by atoms with van der Waals surface area (Å²) in [5.41, 5.74) is 17.2. The van der Waals surface area contributed by atoms with Gasteiger partial charge in [-0.05, 0) is 91.5 Å². The third kappa shape index (κ3) is 3.31. The summed E-state index contributed by atoms with van der Waals surface area (Å²) in [6.45, 7) is 0. The second-order valence-electron chi connectivity index (χ2n) is 13.6. The van der Waals surface area contributed by atoms with E-state index in [0.717, 1.165) is 6.42 Å². The largest absolute Gasteiger partial charge is 0.313 e. The smallest absolute Gasteiger partial charge is 0.0725 e. The zero-order chi connectivity index (χ0) is 31.4. The van der Waals surface area contributed by atoms with Gasteiger partial charge in [0.05, 0.1) is 10.9 Å². The van der Waals surface area contributed by atoms with Crippen molar-refractivity contribution in [3.63, 3.8) is 0 Å². The maximum atomic E-state index is 2.56. The van der Waals surface area contributed by atoms with Gasteiger partial charge in [0, 0.05) is 28.2 Å². The number of aromatic nitrogens is 1. The zero-order valence-corrected chi connectivity index (χ0v) is 26.4. The summed E-state index contributed by atoms with van der Waals surface area (Å²) in [7, 11) is 0. The Morgan fingerprint density at radius 1 is 0.500 bits per heavy atom. The second-order valence-corrected chi connectivity index (χ2v) is 13.6. The molecule has 8 aromatic rings. The molecule has 1 nitrogen and oxygen atoms in total. The van der Waals surface area contributed by atoms with Crippen molar-refractivity contribution in [3.05, 3.63) is 203 Å². The molecule has 3 aliphatic rings. The molecule has 3 aliphatic carbocycles. The lowest BCUT2D eigenvalue weighted by Gasteiger charge is -2.30. The van der Waals surface area contributed by atoms with Gasteiger partial charge in [-0.1, -0.05) is 146 Å². The van der Waals surface area contributed by atoms with Crippen molar-refractivity contribution in [2.75, 3.05) is 0 Å². The summed E-state index contributed by atoms with van der Waals surface area (Å²) in [5, 5.41) is 3.92. The van der Waals surface area contributed by atoms with Crippen molar-refractivity contribution in [2.45, 2.75) is 17.8 Å². The lowest BCUT2D eigenvalue weighted by atomic mass is 9.70. The summed E-state index contributed by atoms with van der Waals surface area (Å²) in [5.74, 6) is 0.307. The van der Waals surface area contributed by atoms with Crippen LogP contribution in [0.25, 0.3) is 55.7 Å². The van der Waals surface area contributed by atoms with E-state index in [1.807, 2.05) is 0 Å². The maximum Gasteiger partial charge on any atom is 0.0725 e. The molecule has 1 unspecified atom stereocenters. The van der Waals surface area contributed by atoms with Gasteiger partial charge in [0.2, 0.25) is 0 Å². The van der Waals surface area contributed by atoms with Gasteiger partial charge >= 0.3 is 0 Å². The first-order valence-corrected chi connectivity index (χ1v) is 17.0. The number of para-hydroxylation sites is 1. The van der Waals surface area contributed by atoms with Gasteiger partial charge in [-0.3, -0.25) is 0 Å². The standard InChI is InChI=1S/C47H31N/c1-2-14-34(15-3-1)48-45-27-33(32-23-22-30-12-4-5-13-31(30)26-32)24-25-38(45)40-28-44-39(29-46(40)48)37-18-8-11-21-43(37)47(44)41-19-9-6-16-35(41)36-17-7-10-20-42(36)47/h1-26,28-29,33H,27H2. The van der Waals surface area contributed by atoms with Crippen LogP contribution in [0.4, 0.5) is 0 Å². The zero-order valence-electron chi connectivity index (χ0n) is 26.4. The summed E-state index contributed by atoms with van der Waals surface area (Å²) in [6, 6.07) is 59.0. The van der Waals surface area contributed by atoms with E-state index in [2.05, 4.69) is 174 Å². The fourth-order valence-electron chi connectivity index (χ4n) is 9.36. The lowest BCUT2D eigenvalue weighted by molar-refractivity contribution is 0.784. The molecule has 0 fully saturated rings. The molecule has 0 saturated heterocycles. The Kier molecular flexibility index (Phi) is 5.21. The minimum absolute atomic E-state index is 0.307. The summed E-state index contributed by atoms with van der Waals surface area (Å²) >= 11 is 0. The van der Waals surface area contributed by atoms with Crippen LogP contribution in [0.15, 0.2) is 164 Å². The molecule has 48 heavy (non-hydrogen) atoms. The van der Waals surface area contributed by atoms with Gasteiger partial charge < -0.3 is 4.57 Å². The van der Waals surface area contributed by atoms with E-state index in [4.69, 9.17) is 0 Å². The molecule has 0 radical (unpaired) electrons. The first-order chi connectivity index (χ1) is 23.8. The Morgan fingerprint density at radius 3 is 1.81 bits per heavy atom. The van der Waals surface area contributed by atoms with E-state index >= 15 is 0 Å². The summed E-state index contributed by atoms with van der Waals surface area (Å²) < 4.78 is 2.55. The molecule has 1 heterocycles. The van der Waals surface area contributed by atoms with E-state index in [9.17, 15) is 0 Å². The first-order valence-electron chi connectivity index (χ1n) is 17.0. The number of hydrogen-bond acceptors (Lipinski definition) is 0. The van der Waals surface area contributed by atoms with E-state index < -0.39 is 0 Å². The summed E-state index contributed by atoms with van der Waals surface area (Å²) in [6.07, 6.45) is 5.81. The number of hydrogen-bond donors (Lipinski definition) is 0. The molecule has 7 aromatic carbocycles. The number of allylic oxidation sites excluding steroid dienone is 1. The third-order valence-electron chi connectivity index (χ3n) is 11.3. The molecule has 1 aromatic heterocycles. The van der Waals surface area contributed by atoms with Crippen molar-refractivity contribution >= 4 is 27.8 Å². The minimum atomic E-state index is -0.346. The highest BCUT2D eigenvalue weighted by atomic mass is 15.0. The number of nitrogens with zero attached hydrogens (tertiary/aromatic N) is 1. The van der Waals surface area contributed by atoms with Gasteiger partial charge in [0.1, 0.15) is 0 Å². The van der Waals surface area contributed by atoms with Crippen molar-refractivity contribution < 1.29 is 0 Å². The lowest BCUT2D eigenvalue weighted by Crippen LogP contribution is -2.25. The molecule has 1 atom stereocenters. The topological polar surface area (TPSA) is 4.93 Å². The normalized spacial score (nSPS) is 16.1. The number of fused-ring (bicyclic) bond motifs is 14. The minimum Gasteiger partial charge on any atom is -0.313 e. The van der Waals surface area contributed by atoms with E-state index in [-0.39, 0.29) is 5.41 Å². The van der Waals surface area contributed by atoms with Crippen LogP contribution in [0.3, 0.4) is 0 Å². The van der Waals surface area contributed by atoms with Gasteiger partial charge in [0.25, 0.3) is 0 Å². The van der Waals surface area contributed by atoms with Crippen LogP contribution in [0.1, 0.15) is 45.0 Å². The average molecular weight is 610 g/mol. The molecule has 1 spiro atoms. The fraction of sp³-hybridized carbons (Fsp3) is 0.0638. The Hall–Kier alpha value is -5.92. The molecule has 11 rings (SSSR count). The van der Waals surface area contributed by atoms with Gasteiger partial charge in [0.15, 0.2) is 0 Å². The average Bonchev–Trinajstić information content (AvgIpc) is 3.75. The Balaban J connectivity index is 1.20. The first kappa shape index (κ1) is 26.2. The highest BCUT2D eigenvalue weighted by Gasteiger charge is 2.51. The molecule has 0 N–H and O–H groups in total. The molecule has 0 amide bonds. The van der Waals surface area contributed by atoms with Crippen LogP contribution in [0.2, 0.25) is 0 Å². The van der Waals surface area contributed by atoms with Crippen molar-refractivity contribution in [1.82, 2.24) is 4.57 Å². The van der Waals surface area contributed by atoms with Gasteiger partial charge in [-0.15, -0.1) is 0 Å². The van der Waals surface area contributed by atoms with Crippen molar-refractivity contribution in [1.29, 1.82) is 0 Å². The fourth-order valence-corrected chi connectivity index (χ4v) is 9.36. The monoisotopic (exact) mass is 609 g/mol. The van der Waals surface area contributed by atoms with E-state index in [1.54, 1.807) is 0 Å². The molecular weight excluding hydrogens is 579 g/mol. The third-order valence-corrected chi connectivity index (χ3v) is 11.3. The second kappa shape index (κ2) is 9.56. The highest BCUT2D eigenvalue weighted by Crippen LogP contribution is 2.63. The predicted octanol–water partition coefficient (Wildman–Crippen LogP) is 11.5. The quantitative estimate of drug-likeness (QED) is 0.184. The molecule has 1 heteroatoms. The van der Waals surface area contributed by atoms with E-state index in [0.29, 0.717) is 5.92 Å². The van der Waals surface area contributed by atoms with Crippen LogP contribution in [0, 0.1) is 0 Å². The Labute approximate surface area is 280 Å². The number of benzene rings is 7. The molecule has 0 saturated carbocycles. The van der Waals surface area contributed by atoms with Crippen LogP contribution in [0.5, 0.6) is 0 Å². The van der Waals surface area contributed by atoms with Crippen LogP contribution in [-0.4, -0.2) is 4.57 Å². The van der Waals surface area contributed by atoms with Gasteiger partial charge in [-0.25, -0.2) is 0 Å². The van der Waals surface area contributed by atoms with E-state index in [1.165, 1.54) is 88.7 Å². The molecule has 0 aliphatic heterocycles. The predicted molar refractivity (Wildman–Crippen MR) is 199 cm³/mol. The highest BCUT2D eigenvalue weighted by molar-refractivity contribution is 6.03. The molecule has 0 bridgehead atoms. The Bertz CT molecular complexity index is 2610. The maximum absolute atomic E-state index is 2.56. The van der Waals surface area contributed by atoms with Crippen LogP contribution < -0.4 is 0 Å². The van der Waals surface area contributed by atoms with Crippen molar-refractivity contribution in [3.8, 4) is 27.9 Å². The van der Waals surface area contributed by atoms with Crippen molar-refractivity contribution in [2.24, 2.45) is 0 Å². The number of rotatable bonds is 2. The molecular formula is C47H31N. The van der Waals surface area contributed by atoms with Crippen LogP contribution >= 0.6 is 0 Å². The summed E-state index contributed by atoms with van der Waals surface area (Å²) in [4.78, 5) is 0. The van der Waals surface area contributed by atoms with Gasteiger partial charge in [-0.2, -0.15) is 0 Å². The SMILES string of the molecule is C1=CC(c2ccc3ccccc3c2)Cc2c1c1cc3c(cc1n2-c1ccccc1)-c1ccccc1C31c2ccccc2-c2ccccc21. The van der Waals surface area contributed by atoms with Crippen LogP contribution in [-0.2, 0) is 11.8 Å². The molecule has 224 valence electrons. The Morgan fingerprint density at radius 2 is 1.10 bits per heavy atom.